The SMILES string of the molecule is C[C@@H]1O[C@H](C=C=CBr)/C=C/[C@H](Cl)CC2=C(Br)C[C@H](Br)[C@]1(C)O2. The van der Waals surface area contributed by atoms with Gasteiger partial charge in [0.25, 0.3) is 0 Å². The molecule has 0 aromatic rings. The fourth-order valence-electron chi connectivity index (χ4n) is 2.47. The molecule has 0 N–H and O–H groups in total. The van der Waals surface area contributed by atoms with Gasteiger partial charge in [-0.1, -0.05) is 59.9 Å². The van der Waals surface area contributed by atoms with Gasteiger partial charge in [-0.05, 0) is 26.3 Å². The summed E-state index contributed by atoms with van der Waals surface area (Å²) >= 11 is 17.0. The lowest BCUT2D eigenvalue weighted by molar-refractivity contribution is -0.119. The predicted molar refractivity (Wildman–Crippen MR) is 102 cm³/mol. The fraction of sp³-hybridized carbons (Fsp3) is 0.562. The predicted octanol–water partition coefficient (Wildman–Crippen LogP) is 5.94. The highest BCUT2D eigenvalue weighted by molar-refractivity contribution is 9.12. The number of rotatable bonds is 1. The van der Waals surface area contributed by atoms with Crippen molar-refractivity contribution in [2.45, 2.75) is 54.7 Å². The first kappa shape index (κ1) is 18.8. The lowest BCUT2D eigenvalue weighted by Gasteiger charge is -2.44. The molecule has 0 aliphatic carbocycles. The Bertz CT molecular complexity index is 540. The molecule has 2 aliphatic heterocycles. The Morgan fingerprint density at radius 1 is 1.41 bits per heavy atom. The Hall–Kier alpha value is 0.490. The van der Waals surface area contributed by atoms with Crippen molar-refractivity contribution in [3.8, 4) is 0 Å². The van der Waals surface area contributed by atoms with Gasteiger partial charge in [0, 0.05) is 15.9 Å². The summed E-state index contributed by atoms with van der Waals surface area (Å²) in [7, 11) is 0. The van der Waals surface area contributed by atoms with Crippen LogP contribution in [0.3, 0.4) is 0 Å². The molecule has 6 heteroatoms. The molecular weight excluding hydrogens is 499 g/mol. The summed E-state index contributed by atoms with van der Waals surface area (Å²) in [6, 6.07) is 0. The Kier molecular flexibility index (Phi) is 6.88. The van der Waals surface area contributed by atoms with E-state index in [9.17, 15) is 0 Å². The molecule has 0 fully saturated rings. The van der Waals surface area contributed by atoms with Gasteiger partial charge < -0.3 is 9.47 Å². The van der Waals surface area contributed by atoms with Crippen molar-refractivity contribution < 1.29 is 9.47 Å². The van der Waals surface area contributed by atoms with Gasteiger partial charge in [-0.2, -0.15) is 0 Å². The molecule has 0 radical (unpaired) electrons. The van der Waals surface area contributed by atoms with E-state index in [1.165, 1.54) is 0 Å². The number of ether oxygens (including phenoxy) is 2. The van der Waals surface area contributed by atoms with E-state index in [1.54, 1.807) is 4.99 Å². The molecule has 0 amide bonds. The van der Waals surface area contributed by atoms with Crippen molar-refractivity contribution >= 4 is 59.4 Å². The average molecular weight is 517 g/mol. The third kappa shape index (κ3) is 4.31. The number of halogens is 4. The molecule has 2 nitrogen and oxygen atoms in total. The second kappa shape index (κ2) is 8.04. The highest BCUT2D eigenvalue weighted by Crippen LogP contribution is 2.43. The second-order valence-electron chi connectivity index (χ2n) is 5.58. The quantitative estimate of drug-likeness (QED) is 0.244. The van der Waals surface area contributed by atoms with Crippen LogP contribution in [0.1, 0.15) is 26.7 Å². The minimum Gasteiger partial charge on any atom is -0.487 e. The van der Waals surface area contributed by atoms with E-state index >= 15 is 0 Å². The van der Waals surface area contributed by atoms with Crippen LogP contribution in [0.25, 0.3) is 0 Å². The zero-order valence-corrected chi connectivity index (χ0v) is 17.9. The standard InChI is InChI=1S/C16H18Br3ClO2/c1-10-16(2)15(19)9-13(18)14(22-16)8-11(20)5-6-12(21-10)4-3-7-17/h4-7,10-12,15H,8-9H2,1-2H3/b6-5+/t3?,10-,11-,12+,15-,16+/m0/s1. The second-order valence-corrected chi connectivity index (χ2v) is 8.66. The van der Waals surface area contributed by atoms with Gasteiger partial charge in [-0.3, -0.25) is 0 Å². The van der Waals surface area contributed by atoms with Crippen LogP contribution in [0.5, 0.6) is 0 Å². The van der Waals surface area contributed by atoms with Crippen molar-refractivity contribution in [3.05, 3.63) is 39.2 Å². The fourth-order valence-corrected chi connectivity index (χ4v) is 4.63. The zero-order valence-electron chi connectivity index (χ0n) is 12.4. The summed E-state index contributed by atoms with van der Waals surface area (Å²) < 4.78 is 13.5. The normalized spacial score (nSPS) is 40.3. The van der Waals surface area contributed by atoms with Gasteiger partial charge in [-0.25, -0.2) is 0 Å². The van der Waals surface area contributed by atoms with E-state index in [2.05, 4.69) is 60.4 Å². The zero-order chi connectivity index (χ0) is 16.3. The van der Waals surface area contributed by atoms with Crippen molar-refractivity contribution in [1.82, 2.24) is 0 Å². The lowest BCUT2D eigenvalue weighted by atomic mass is 9.90. The maximum absolute atomic E-state index is 6.41. The minimum atomic E-state index is -0.460. The monoisotopic (exact) mass is 514 g/mol. The van der Waals surface area contributed by atoms with Crippen molar-refractivity contribution in [3.63, 3.8) is 0 Å². The van der Waals surface area contributed by atoms with Crippen LogP contribution in [-0.2, 0) is 9.47 Å². The Morgan fingerprint density at radius 3 is 2.82 bits per heavy atom. The van der Waals surface area contributed by atoms with Crippen LogP contribution < -0.4 is 0 Å². The first-order valence-corrected chi connectivity index (χ1v) is 10.1. The number of alkyl halides is 2. The number of allylic oxidation sites excluding steroid dienone is 3. The maximum Gasteiger partial charge on any atom is 0.144 e. The van der Waals surface area contributed by atoms with Crippen LogP contribution in [0.15, 0.2) is 39.2 Å². The van der Waals surface area contributed by atoms with Crippen molar-refractivity contribution in [2.24, 2.45) is 0 Å². The van der Waals surface area contributed by atoms with E-state index in [4.69, 9.17) is 21.1 Å². The molecule has 2 rings (SSSR count). The summed E-state index contributed by atoms with van der Waals surface area (Å²) in [6.07, 6.45) is 6.99. The first-order chi connectivity index (χ1) is 10.4. The molecule has 5 atom stereocenters. The van der Waals surface area contributed by atoms with E-state index in [1.807, 2.05) is 25.2 Å². The highest BCUT2D eigenvalue weighted by atomic mass is 79.9. The van der Waals surface area contributed by atoms with Crippen molar-refractivity contribution in [2.75, 3.05) is 0 Å². The molecule has 0 saturated heterocycles. The van der Waals surface area contributed by atoms with Gasteiger partial charge >= 0.3 is 0 Å². The molecule has 0 saturated carbocycles. The molecule has 0 aromatic heterocycles. The third-order valence-corrected chi connectivity index (χ3v) is 6.57. The van der Waals surface area contributed by atoms with E-state index < -0.39 is 5.60 Å². The van der Waals surface area contributed by atoms with Crippen LogP contribution in [-0.4, -0.2) is 28.0 Å². The number of fused-ring (bicyclic) bond motifs is 2. The summed E-state index contributed by atoms with van der Waals surface area (Å²) in [4.78, 5) is 1.83. The molecule has 22 heavy (non-hydrogen) atoms. The number of hydrogen-bond acceptors (Lipinski definition) is 2. The summed E-state index contributed by atoms with van der Waals surface area (Å²) in [5.74, 6) is 0.910. The van der Waals surface area contributed by atoms with Gasteiger partial charge in [0.05, 0.1) is 16.3 Å². The smallest absolute Gasteiger partial charge is 0.144 e. The third-order valence-electron chi connectivity index (χ3n) is 4.01. The van der Waals surface area contributed by atoms with Crippen LogP contribution in [0, 0.1) is 0 Å². The molecule has 2 heterocycles. The molecule has 2 bridgehead atoms. The van der Waals surface area contributed by atoms with Crippen molar-refractivity contribution in [1.29, 1.82) is 0 Å². The number of hydrogen-bond donors (Lipinski definition) is 0. The summed E-state index contributed by atoms with van der Waals surface area (Å²) in [5.41, 5.74) is 2.54. The molecule has 0 unspecified atom stereocenters. The molecule has 2 aliphatic rings. The molecule has 122 valence electrons. The van der Waals surface area contributed by atoms with Gasteiger partial charge in [0.2, 0.25) is 0 Å². The van der Waals surface area contributed by atoms with Gasteiger partial charge in [0.15, 0.2) is 0 Å². The summed E-state index contributed by atoms with van der Waals surface area (Å²) in [5, 5.41) is -0.139. The van der Waals surface area contributed by atoms with E-state index in [-0.39, 0.29) is 22.4 Å². The maximum atomic E-state index is 6.41. The minimum absolute atomic E-state index is 0.109. The van der Waals surface area contributed by atoms with E-state index in [0.717, 1.165) is 16.7 Å². The topological polar surface area (TPSA) is 18.5 Å². The Balaban J connectivity index is 2.39. The summed E-state index contributed by atoms with van der Waals surface area (Å²) in [6.45, 7) is 4.11. The average Bonchev–Trinajstić information content (AvgIpc) is 2.46. The van der Waals surface area contributed by atoms with Gasteiger partial charge in [-0.15, -0.1) is 17.3 Å². The van der Waals surface area contributed by atoms with Crippen LogP contribution in [0.4, 0.5) is 0 Å². The molecule has 0 spiro atoms. The van der Waals surface area contributed by atoms with Crippen LogP contribution in [0.2, 0.25) is 0 Å². The van der Waals surface area contributed by atoms with Crippen LogP contribution >= 0.6 is 59.4 Å². The van der Waals surface area contributed by atoms with Gasteiger partial charge in [0.1, 0.15) is 17.5 Å². The highest BCUT2D eigenvalue weighted by Gasteiger charge is 2.46. The first-order valence-electron chi connectivity index (χ1n) is 7.06. The largest absolute Gasteiger partial charge is 0.487 e. The lowest BCUT2D eigenvalue weighted by Crippen LogP contribution is -2.52. The van der Waals surface area contributed by atoms with E-state index in [0.29, 0.717) is 6.42 Å². The Labute approximate surface area is 162 Å². The molecule has 0 aromatic carbocycles. The Morgan fingerprint density at radius 2 is 2.14 bits per heavy atom. The molecular formula is C16H18Br3ClO2.